The molecule has 6 rings (SSSR count). The highest BCUT2D eigenvalue weighted by molar-refractivity contribution is 6.04. The van der Waals surface area contributed by atoms with E-state index in [1.807, 2.05) is 43.3 Å². The van der Waals surface area contributed by atoms with Crippen molar-refractivity contribution in [3.8, 4) is 11.3 Å². The van der Waals surface area contributed by atoms with Crippen molar-refractivity contribution in [2.45, 2.75) is 45.6 Å². The molecule has 0 radical (unpaired) electrons. The van der Waals surface area contributed by atoms with Gasteiger partial charge in [-0.05, 0) is 56.2 Å². The molecule has 210 valence electrons. The molecule has 0 spiro atoms. The molecular weight excluding hydrogens is 516 g/mol. The maximum Gasteiger partial charge on any atom is 0.258 e. The maximum atomic E-state index is 13.0. The Bertz CT molecular complexity index is 1730. The molecule has 4 heterocycles. The molecule has 1 amide bonds. The van der Waals surface area contributed by atoms with E-state index in [0.29, 0.717) is 22.5 Å². The van der Waals surface area contributed by atoms with Gasteiger partial charge in [-0.2, -0.15) is 5.10 Å². The molecule has 0 aliphatic carbocycles. The van der Waals surface area contributed by atoms with Crippen LogP contribution in [0.15, 0.2) is 84.0 Å². The van der Waals surface area contributed by atoms with Crippen molar-refractivity contribution in [2.75, 3.05) is 18.4 Å². The highest BCUT2D eigenvalue weighted by Crippen LogP contribution is 2.26. The smallest absolute Gasteiger partial charge is 0.258 e. The number of nitrogens with one attached hydrogen (secondary N) is 3. The minimum Gasteiger partial charge on any atom is -0.373 e. The minimum absolute atomic E-state index is 0.0130. The van der Waals surface area contributed by atoms with Crippen molar-refractivity contribution in [3.05, 3.63) is 106 Å². The standard InChI is InChI=1S/C32H34N6O3/c1-20-16-37(17-21(2)41-20)18-23-9-10-29-25(11-23)12-30(36-29)28-13-27(15-33-32(28)40)35-31(39)26-14-34-38(19-26)22(3)24-7-5-4-6-8-24/h4-15,19-22,36H,16-18H2,1-3H3,(H,33,40)(H,35,39)/t20-,21+,22-/m0/s1. The normalized spacial score (nSPS) is 18.4. The summed E-state index contributed by atoms with van der Waals surface area (Å²) in [6, 6.07) is 20.0. The molecule has 3 aromatic heterocycles. The van der Waals surface area contributed by atoms with Crippen molar-refractivity contribution in [1.29, 1.82) is 0 Å². The summed E-state index contributed by atoms with van der Waals surface area (Å²) in [5, 5.41) is 8.31. The van der Waals surface area contributed by atoms with E-state index in [1.54, 1.807) is 23.1 Å². The summed E-state index contributed by atoms with van der Waals surface area (Å²) in [5.41, 5.74) is 5.07. The third kappa shape index (κ3) is 5.86. The number of hydrogen-bond donors (Lipinski definition) is 3. The third-order valence-corrected chi connectivity index (χ3v) is 7.58. The first-order chi connectivity index (χ1) is 19.8. The second-order valence-corrected chi connectivity index (χ2v) is 10.9. The number of anilines is 1. The lowest BCUT2D eigenvalue weighted by Gasteiger charge is -2.35. The van der Waals surface area contributed by atoms with Gasteiger partial charge in [-0.15, -0.1) is 0 Å². The number of aromatic amines is 2. The van der Waals surface area contributed by atoms with Crippen LogP contribution in [0.3, 0.4) is 0 Å². The summed E-state index contributed by atoms with van der Waals surface area (Å²) in [6.45, 7) is 8.90. The van der Waals surface area contributed by atoms with E-state index >= 15 is 0 Å². The molecule has 3 atom stereocenters. The van der Waals surface area contributed by atoms with Gasteiger partial charge in [-0.25, -0.2) is 0 Å². The Morgan fingerprint density at radius 2 is 1.88 bits per heavy atom. The number of nitrogens with zero attached hydrogens (tertiary/aromatic N) is 3. The Morgan fingerprint density at radius 3 is 2.66 bits per heavy atom. The Labute approximate surface area is 238 Å². The molecule has 5 aromatic rings. The average molecular weight is 551 g/mol. The van der Waals surface area contributed by atoms with E-state index in [-0.39, 0.29) is 29.7 Å². The Hall–Kier alpha value is -4.47. The van der Waals surface area contributed by atoms with Crippen LogP contribution < -0.4 is 10.9 Å². The first-order valence-electron chi connectivity index (χ1n) is 14.0. The van der Waals surface area contributed by atoms with Crippen LogP contribution in [0.5, 0.6) is 0 Å². The summed E-state index contributed by atoms with van der Waals surface area (Å²) in [5.74, 6) is -0.303. The van der Waals surface area contributed by atoms with Crippen molar-refractivity contribution < 1.29 is 9.53 Å². The molecule has 1 aliphatic heterocycles. The quantitative estimate of drug-likeness (QED) is 0.259. The van der Waals surface area contributed by atoms with Crippen molar-refractivity contribution in [3.63, 3.8) is 0 Å². The van der Waals surface area contributed by atoms with Crippen LogP contribution in [0.2, 0.25) is 0 Å². The highest BCUT2D eigenvalue weighted by atomic mass is 16.5. The van der Waals surface area contributed by atoms with E-state index in [0.717, 1.165) is 36.1 Å². The predicted molar refractivity (Wildman–Crippen MR) is 160 cm³/mol. The lowest BCUT2D eigenvalue weighted by Crippen LogP contribution is -2.44. The Balaban J connectivity index is 1.18. The van der Waals surface area contributed by atoms with Crippen LogP contribution in [0.1, 0.15) is 48.3 Å². The van der Waals surface area contributed by atoms with E-state index in [4.69, 9.17) is 4.74 Å². The van der Waals surface area contributed by atoms with Gasteiger partial charge in [-0.1, -0.05) is 36.4 Å². The molecule has 0 saturated carbocycles. The van der Waals surface area contributed by atoms with Crippen LogP contribution in [0, 0.1) is 0 Å². The van der Waals surface area contributed by atoms with Crippen LogP contribution in [-0.2, 0) is 11.3 Å². The zero-order valence-electron chi connectivity index (χ0n) is 23.4. The van der Waals surface area contributed by atoms with Crippen LogP contribution in [0.4, 0.5) is 5.69 Å². The summed E-state index contributed by atoms with van der Waals surface area (Å²) in [7, 11) is 0. The van der Waals surface area contributed by atoms with Gasteiger partial charge in [0.05, 0.1) is 47.0 Å². The topological polar surface area (TPSA) is 108 Å². The first-order valence-corrected chi connectivity index (χ1v) is 14.0. The number of hydrogen-bond acceptors (Lipinski definition) is 5. The van der Waals surface area contributed by atoms with E-state index < -0.39 is 0 Å². The molecule has 1 saturated heterocycles. The minimum atomic E-state index is -0.303. The molecule has 0 unspecified atom stereocenters. The molecular formula is C32H34N6O3. The average Bonchev–Trinajstić information content (AvgIpc) is 3.61. The van der Waals surface area contributed by atoms with E-state index in [1.165, 1.54) is 11.8 Å². The fourth-order valence-electron chi connectivity index (χ4n) is 5.61. The highest BCUT2D eigenvalue weighted by Gasteiger charge is 2.22. The van der Waals surface area contributed by atoms with Crippen LogP contribution >= 0.6 is 0 Å². The van der Waals surface area contributed by atoms with Gasteiger partial charge >= 0.3 is 0 Å². The number of H-pyrrole nitrogens is 2. The summed E-state index contributed by atoms with van der Waals surface area (Å²) in [4.78, 5) is 34.3. The summed E-state index contributed by atoms with van der Waals surface area (Å²) in [6.07, 6.45) is 5.22. The number of carbonyl (C=O) groups excluding carboxylic acids is 1. The first kappa shape index (κ1) is 26.7. The van der Waals surface area contributed by atoms with E-state index in [9.17, 15) is 9.59 Å². The summed E-state index contributed by atoms with van der Waals surface area (Å²) >= 11 is 0. The third-order valence-electron chi connectivity index (χ3n) is 7.58. The van der Waals surface area contributed by atoms with Gasteiger partial charge in [0.2, 0.25) is 0 Å². The number of fused-ring (bicyclic) bond motifs is 1. The molecule has 41 heavy (non-hydrogen) atoms. The number of carbonyl (C=O) groups is 1. The van der Waals surface area contributed by atoms with Crippen molar-refractivity contribution in [2.24, 2.45) is 0 Å². The van der Waals surface area contributed by atoms with Gasteiger partial charge in [0.15, 0.2) is 0 Å². The molecule has 1 fully saturated rings. The maximum absolute atomic E-state index is 13.0. The van der Waals surface area contributed by atoms with Gasteiger partial charge < -0.3 is 20.0 Å². The van der Waals surface area contributed by atoms with Gasteiger partial charge in [-0.3, -0.25) is 19.2 Å². The monoisotopic (exact) mass is 550 g/mol. The zero-order chi connectivity index (χ0) is 28.5. The largest absolute Gasteiger partial charge is 0.373 e. The number of aromatic nitrogens is 4. The number of rotatable bonds is 7. The second-order valence-electron chi connectivity index (χ2n) is 10.9. The lowest BCUT2D eigenvalue weighted by atomic mass is 10.1. The zero-order valence-corrected chi connectivity index (χ0v) is 23.4. The number of benzene rings is 2. The molecule has 3 N–H and O–H groups in total. The second kappa shape index (κ2) is 11.2. The fraction of sp³-hybridized carbons (Fsp3) is 0.281. The molecule has 1 aliphatic rings. The number of pyridine rings is 1. The van der Waals surface area contributed by atoms with Gasteiger partial charge in [0, 0.05) is 42.9 Å². The molecule has 2 aromatic carbocycles. The lowest BCUT2D eigenvalue weighted by molar-refractivity contribution is -0.0704. The number of ether oxygens (including phenoxy) is 1. The molecule has 9 nitrogen and oxygen atoms in total. The Kier molecular flexibility index (Phi) is 7.30. The van der Waals surface area contributed by atoms with E-state index in [2.05, 4.69) is 57.3 Å². The predicted octanol–water partition coefficient (Wildman–Crippen LogP) is 5.19. The fourth-order valence-corrected chi connectivity index (χ4v) is 5.61. The number of amides is 1. The van der Waals surface area contributed by atoms with Gasteiger partial charge in [0.1, 0.15) is 0 Å². The number of morpholine rings is 1. The molecule has 0 bridgehead atoms. The SMILES string of the molecule is C[C@@H]1CN(Cc2ccc3[nH]c(-c4cc(NC(=O)c5cnn([C@@H](C)c6ccccc6)c5)c[nH]c4=O)cc3c2)C[C@H](C)O1. The van der Waals surface area contributed by atoms with Crippen LogP contribution in [0.25, 0.3) is 22.2 Å². The van der Waals surface area contributed by atoms with Crippen molar-refractivity contribution in [1.82, 2.24) is 24.6 Å². The molecule has 9 heteroatoms. The summed E-state index contributed by atoms with van der Waals surface area (Å²) < 4.78 is 7.63. The van der Waals surface area contributed by atoms with Gasteiger partial charge in [0.25, 0.3) is 11.5 Å². The Morgan fingerprint density at radius 1 is 1.10 bits per heavy atom. The van der Waals surface area contributed by atoms with Crippen molar-refractivity contribution >= 4 is 22.5 Å². The van der Waals surface area contributed by atoms with Crippen LogP contribution in [-0.4, -0.2) is 55.9 Å².